The summed E-state index contributed by atoms with van der Waals surface area (Å²) in [7, 11) is 0. The molecule has 1 unspecified atom stereocenters. The van der Waals surface area contributed by atoms with E-state index < -0.39 is 24.5 Å². The molecule has 0 amide bonds. The van der Waals surface area contributed by atoms with E-state index >= 15 is 0 Å². The van der Waals surface area contributed by atoms with Gasteiger partial charge in [0.25, 0.3) is 0 Å². The van der Waals surface area contributed by atoms with Gasteiger partial charge < -0.3 is 9.84 Å². The normalized spacial score (nSPS) is 15.7. The van der Waals surface area contributed by atoms with Gasteiger partial charge in [-0.25, -0.2) is 4.79 Å². The Morgan fingerprint density at radius 2 is 1.79 bits per heavy atom. The quantitative estimate of drug-likeness (QED) is 0.612. The molecule has 0 aromatic heterocycles. The van der Waals surface area contributed by atoms with Gasteiger partial charge in [0.1, 0.15) is 0 Å². The van der Waals surface area contributed by atoms with E-state index in [0.717, 1.165) is 31.2 Å². The number of benzene rings is 1. The van der Waals surface area contributed by atoms with Gasteiger partial charge in [-0.2, -0.15) is 0 Å². The average molecular weight is 330 g/mol. The molecule has 1 aromatic carbocycles. The van der Waals surface area contributed by atoms with Crippen molar-refractivity contribution >= 4 is 17.7 Å². The second-order valence-electron chi connectivity index (χ2n) is 6.25. The minimum atomic E-state index is -1.16. The fraction of sp³-hybridized carbons (Fsp3) is 0.421. The minimum Gasteiger partial charge on any atom is -0.481 e. The highest BCUT2D eigenvalue weighted by atomic mass is 16.5. The summed E-state index contributed by atoms with van der Waals surface area (Å²) in [5.41, 5.74) is 1.47. The smallest absolute Gasteiger partial charge is 0.335 e. The fourth-order valence-corrected chi connectivity index (χ4v) is 2.90. The Balaban J connectivity index is 2.20. The molecule has 0 heterocycles. The summed E-state index contributed by atoms with van der Waals surface area (Å²) in [5, 5.41) is 8.76. The molecule has 1 aliphatic rings. The SMILES string of the molecule is C=C(CC(=O)O)C(=O)OC(C(=O)C1CCCC1)c1ccc(C)cc1. The Labute approximate surface area is 141 Å². The molecular formula is C19H22O5. The van der Waals surface area contributed by atoms with Gasteiger partial charge in [-0.05, 0) is 19.8 Å². The Kier molecular flexibility index (Phi) is 5.90. The summed E-state index contributed by atoms with van der Waals surface area (Å²) in [6.07, 6.45) is 2.08. The minimum absolute atomic E-state index is 0.114. The predicted octanol–water partition coefficient (Wildman–Crippen LogP) is 3.37. The molecule has 1 aliphatic carbocycles. The molecule has 1 N–H and O–H groups in total. The van der Waals surface area contributed by atoms with Crippen molar-refractivity contribution in [1.82, 2.24) is 0 Å². The van der Waals surface area contributed by atoms with Crippen LogP contribution in [0.5, 0.6) is 0 Å². The van der Waals surface area contributed by atoms with Crippen molar-refractivity contribution in [3.8, 4) is 0 Å². The summed E-state index contributed by atoms with van der Waals surface area (Å²) in [5.74, 6) is -2.23. The molecule has 0 aliphatic heterocycles. The highest BCUT2D eigenvalue weighted by Gasteiger charge is 2.33. The zero-order valence-electron chi connectivity index (χ0n) is 13.8. The van der Waals surface area contributed by atoms with E-state index in [4.69, 9.17) is 9.84 Å². The highest BCUT2D eigenvalue weighted by molar-refractivity contribution is 5.95. The Morgan fingerprint density at radius 1 is 1.21 bits per heavy atom. The van der Waals surface area contributed by atoms with Crippen molar-refractivity contribution in [3.63, 3.8) is 0 Å². The van der Waals surface area contributed by atoms with Gasteiger partial charge in [0.2, 0.25) is 0 Å². The topological polar surface area (TPSA) is 80.7 Å². The van der Waals surface area contributed by atoms with Crippen LogP contribution in [0.1, 0.15) is 49.3 Å². The first-order valence-electron chi connectivity index (χ1n) is 8.09. The van der Waals surface area contributed by atoms with Gasteiger partial charge in [-0.1, -0.05) is 49.2 Å². The lowest BCUT2D eigenvalue weighted by Gasteiger charge is -2.21. The summed E-state index contributed by atoms with van der Waals surface area (Å²) >= 11 is 0. The number of aliphatic carboxylic acids is 1. The molecule has 2 rings (SSSR count). The van der Waals surface area contributed by atoms with Gasteiger partial charge in [0.05, 0.1) is 6.42 Å². The van der Waals surface area contributed by atoms with Crippen LogP contribution in [0.3, 0.4) is 0 Å². The number of hydrogen-bond donors (Lipinski definition) is 1. The largest absolute Gasteiger partial charge is 0.481 e. The molecule has 1 saturated carbocycles. The number of esters is 1. The molecule has 24 heavy (non-hydrogen) atoms. The second-order valence-corrected chi connectivity index (χ2v) is 6.25. The fourth-order valence-electron chi connectivity index (χ4n) is 2.90. The van der Waals surface area contributed by atoms with Crippen molar-refractivity contribution in [3.05, 3.63) is 47.5 Å². The lowest BCUT2D eigenvalue weighted by atomic mass is 9.93. The van der Waals surface area contributed by atoms with Crippen molar-refractivity contribution in [2.75, 3.05) is 0 Å². The Hall–Kier alpha value is -2.43. The van der Waals surface area contributed by atoms with E-state index in [1.165, 1.54) is 0 Å². The van der Waals surface area contributed by atoms with Gasteiger partial charge in [0.15, 0.2) is 11.9 Å². The number of carboxylic acids is 1. The van der Waals surface area contributed by atoms with Gasteiger partial charge in [0, 0.05) is 17.1 Å². The second kappa shape index (κ2) is 7.90. The van der Waals surface area contributed by atoms with E-state index in [1.807, 2.05) is 19.1 Å². The van der Waals surface area contributed by atoms with E-state index in [-0.39, 0.29) is 17.3 Å². The van der Waals surface area contributed by atoms with Crippen LogP contribution in [0.15, 0.2) is 36.4 Å². The first-order valence-corrected chi connectivity index (χ1v) is 8.09. The van der Waals surface area contributed by atoms with Crippen LogP contribution >= 0.6 is 0 Å². The molecule has 128 valence electrons. The van der Waals surface area contributed by atoms with E-state index in [9.17, 15) is 14.4 Å². The van der Waals surface area contributed by atoms with Crippen LogP contribution in [-0.2, 0) is 19.1 Å². The molecule has 0 saturated heterocycles. The number of carboxylic acid groups (broad SMARTS) is 1. The van der Waals surface area contributed by atoms with Crippen LogP contribution in [0, 0.1) is 12.8 Å². The standard InChI is InChI=1S/C19H22O5/c1-12-7-9-15(10-8-12)18(17(22)14-5-3-4-6-14)24-19(23)13(2)11-16(20)21/h7-10,14,18H,2-6,11H2,1H3,(H,20,21). The first-order chi connectivity index (χ1) is 11.4. The van der Waals surface area contributed by atoms with Gasteiger partial charge in [-0.3, -0.25) is 9.59 Å². The van der Waals surface area contributed by atoms with Crippen LogP contribution < -0.4 is 0 Å². The number of ether oxygens (including phenoxy) is 1. The maximum atomic E-state index is 12.8. The molecule has 0 spiro atoms. The van der Waals surface area contributed by atoms with Gasteiger partial charge >= 0.3 is 11.9 Å². The zero-order chi connectivity index (χ0) is 17.7. The highest BCUT2D eigenvalue weighted by Crippen LogP contribution is 2.32. The van der Waals surface area contributed by atoms with Crippen molar-refractivity contribution in [2.45, 2.75) is 45.1 Å². The molecule has 1 aromatic rings. The molecular weight excluding hydrogens is 308 g/mol. The number of carbonyl (C=O) groups excluding carboxylic acids is 2. The summed E-state index contributed by atoms with van der Waals surface area (Å²) < 4.78 is 5.36. The predicted molar refractivity (Wildman–Crippen MR) is 88.4 cm³/mol. The van der Waals surface area contributed by atoms with Crippen LogP contribution in [0.4, 0.5) is 0 Å². The number of aryl methyl sites for hydroxylation is 1. The molecule has 5 heteroatoms. The third-order valence-electron chi connectivity index (χ3n) is 4.27. The Morgan fingerprint density at radius 3 is 2.33 bits per heavy atom. The van der Waals surface area contributed by atoms with Crippen LogP contribution in [-0.4, -0.2) is 22.8 Å². The third kappa shape index (κ3) is 4.54. The summed E-state index contributed by atoms with van der Waals surface area (Å²) in [4.78, 5) is 35.6. The summed E-state index contributed by atoms with van der Waals surface area (Å²) in [6, 6.07) is 7.23. The van der Waals surface area contributed by atoms with E-state index in [0.29, 0.717) is 5.56 Å². The van der Waals surface area contributed by atoms with E-state index in [2.05, 4.69) is 6.58 Å². The molecule has 1 fully saturated rings. The molecule has 5 nitrogen and oxygen atoms in total. The lowest BCUT2D eigenvalue weighted by Crippen LogP contribution is -2.26. The van der Waals surface area contributed by atoms with Crippen molar-refractivity contribution < 1.29 is 24.2 Å². The average Bonchev–Trinajstić information content (AvgIpc) is 3.06. The first kappa shape index (κ1) is 17.9. The monoisotopic (exact) mass is 330 g/mol. The summed E-state index contributed by atoms with van der Waals surface area (Å²) in [6.45, 7) is 5.37. The van der Waals surface area contributed by atoms with Crippen LogP contribution in [0.25, 0.3) is 0 Å². The Bertz CT molecular complexity index is 638. The van der Waals surface area contributed by atoms with Crippen molar-refractivity contribution in [2.24, 2.45) is 5.92 Å². The lowest BCUT2D eigenvalue weighted by molar-refractivity contribution is -0.154. The number of rotatable bonds is 7. The number of ketones is 1. The maximum absolute atomic E-state index is 12.8. The van der Waals surface area contributed by atoms with Crippen molar-refractivity contribution in [1.29, 1.82) is 0 Å². The third-order valence-corrected chi connectivity index (χ3v) is 4.27. The van der Waals surface area contributed by atoms with Crippen LogP contribution in [0.2, 0.25) is 0 Å². The number of hydrogen-bond acceptors (Lipinski definition) is 4. The number of carbonyl (C=O) groups is 3. The van der Waals surface area contributed by atoms with Gasteiger partial charge in [-0.15, -0.1) is 0 Å². The molecule has 1 atom stereocenters. The zero-order valence-corrected chi connectivity index (χ0v) is 13.8. The molecule has 0 radical (unpaired) electrons. The number of Topliss-reactive ketones (excluding diaryl/α,β-unsaturated/α-hetero) is 1. The van der Waals surface area contributed by atoms with E-state index in [1.54, 1.807) is 12.1 Å². The maximum Gasteiger partial charge on any atom is 0.335 e. The molecule has 0 bridgehead atoms.